The molecule has 238 valence electrons. The van der Waals surface area contributed by atoms with E-state index in [1.165, 1.54) is 0 Å². The molecular formula is C36H40N4O4S2+2. The van der Waals surface area contributed by atoms with Crippen molar-refractivity contribution in [2.45, 2.75) is 51.4 Å². The van der Waals surface area contributed by atoms with Crippen LogP contribution in [0.2, 0.25) is 0 Å². The number of rotatable bonds is 15. The minimum atomic E-state index is -0.282. The standard InChI is InChI=1S/C36H40N4O4S2/c1-37-29(27-17-11-9-12-18-27)31(39-21-25-45-35(37)39)33(41)43-23-15-7-5-3-4-6-8-16-24-44-34(42)32-30(28-19-13-10-14-20-28)38(2)36-40(32)22-26-46-36/h9-14,17-22,25-26H,3-8,15-16,23-24H2,1-2H3/q+2. The highest BCUT2D eigenvalue weighted by Crippen LogP contribution is 2.27. The number of thiazole rings is 2. The molecule has 8 nitrogen and oxygen atoms in total. The lowest BCUT2D eigenvalue weighted by molar-refractivity contribution is -0.631. The summed E-state index contributed by atoms with van der Waals surface area (Å²) in [4.78, 5) is 28.4. The highest BCUT2D eigenvalue weighted by atomic mass is 32.1. The third-order valence-electron chi connectivity index (χ3n) is 8.34. The number of carbonyl (C=O) groups is 2. The van der Waals surface area contributed by atoms with E-state index in [0.717, 1.165) is 83.8 Å². The van der Waals surface area contributed by atoms with Gasteiger partial charge in [0.05, 0.1) is 27.3 Å². The molecule has 0 saturated heterocycles. The molecule has 0 amide bonds. The number of aryl methyl sites for hydroxylation is 2. The van der Waals surface area contributed by atoms with Crippen molar-refractivity contribution < 1.29 is 28.2 Å². The molecule has 0 unspecified atom stereocenters. The van der Waals surface area contributed by atoms with Gasteiger partial charge >= 0.3 is 21.9 Å². The van der Waals surface area contributed by atoms with E-state index in [1.54, 1.807) is 22.7 Å². The number of aromatic nitrogens is 4. The van der Waals surface area contributed by atoms with Gasteiger partial charge in [-0.05, 0) is 12.8 Å². The molecule has 6 rings (SSSR count). The van der Waals surface area contributed by atoms with Gasteiger partial charge in [-0.2, -0.15) is 8.80 Å². The van der Waals surface area contributed by atoms with Crippen molar-refractivity contribution in [1.82, 2.24) is 8.80 Å². The number of esters is 2. The van der Waals surface area contributed by atoms with Crippen molar-refractivity contribution in [3.8, 4) is 22.5 Å². The molecule has 0 fully saturated rings. The van der Waals surface area contributed by atoms with Crippen molar-refractivity contribution in [2.75, 3.05) is 13.2 Å². The van der Waals surface area contributed by atoms with E-state index in [9.17, 15) is 9.59 Å². The Labute approximate surface area is 277 Å². The fraction of sp³-hybridized carbons (Fsp3) is 0.333. The topological polar surface area (TPSA) is 69.2 Å². The molecule has 10 heteroatoms. The Kier molecular flexibility index (Phi) is 10.2. The third kappa shape index (κ3) is 6.64. The van der Waals surface area contributed by atoms with Gasteiger partial charge in [-0.15, -0.1) is 0 Å². The van der Waals surface area contributed by atoms with Crippen molar-refractivity contribution in [3.63, 3.8) is 0 Å². The lowest BCUT2D eigenvalue weighted by Gasteiger charge is -2.06. The van der Waals surface area contributed by atoms with Crippen LogP contribution in [0.5, 0.6) is 0 Å². The maximum absolute atomic E-state index is 13.2. The highest BCUT2D eigenvalue weighted by Gasteiger charge is 2.33. The summed E-state index contributed by atoms with van der Waals surface area (Å²) in [5, 5.41) is 3.97. The summed E-state index contributed by atoms with van der Waals surface area (Å²) < 4.78 is 19.5. The van der Waals surface area contributed by atoms with Gasteiger partial charge in [0, 0.05) is 21.9 Å². The first kappa shape index (κ1) is 31.7. The summed E-state index contributed by atoms with van der Waals surface area (Å²) in [7, 11) is 3.98. The normalized spacial score (nSPS) is 11.4. The van der Waals surface area contributed by atoms with E-state index in [4.69, 9.17) is 9.47 Å². The van der Waals surface area contributed by atoms with Crippen LogP contribution >= 0.6 is 22.7 Å². The Bertz CT molecular complexity index is 1780. The molecule has 0 saturated carbocycles. The number of carbonyl (C=O) groups excluding carboxylic acids is 2. The smallest absolute Gasteiger partial charge is 0.383 e. The Morgan fingerprint density at radius 3 is 1.35 bits per heavy atom. The first-order valence-corrected chi connectivity index (χ1v) is 17.7. The van der Waals surface area contributed by atoms with Gasteiger partial charge in [-0.3, -0.25) is 0 Å². The van der Waals surface area contributed by atoms with Crippen molar-refractivity contribution in [2.24, 2.45) is 14.1 Å². The lowest BCUT2D eigenvalue weighted by atomic mass is 10.1. The van der Waals surface area contributed by atoms with Gasteiger partial charge in [0.2, 0.25) is 0 Å². The molecule has 4 heterocycles. The van der Waals surface area contributed by atoms with Crippen LogP contribution in [0.25, 0.3) is 32.4 Å². The molecule has 0 spiro atoms. The molecule has 0 atom stereocenters. The predicted octanol–water partition coefficient (Wildman–Crippen LogP) is 7.43. The second kappa shape index (κ2) is 14.9. The summed E-state index contributed by atoms with van der Waals surface area (Å²) in [5.41, 5.74) is 4.91. The number of hydrogen-bond acceptors (Lipinski definition) is 6. The van der Waals surface area contributed by atoms with Gasteiger partial charge < -0.3 is 9.47 Å². The Balaban J connectivity index is 0.881. The van der Waals surface area contributed by atoms with Crippen LogP contribution in [0.4, 0.5) is 0 Å². The van der Waals surface area contributed by atoms with E-state index < -0.39 is 0 Å². The number of ether oxygens (including phenoxy) is 2. The molecule has 0 aliphatic heterocycles. The molecular weight excluding hydrogens is 617 g/mol. The molecule has 0 bridgehead atoms. The summed E-state index contributed by atoms with van der Waals surface area (Å²) >= 11 is 3.21. The van der Waals surface area contributed by atoms with Crippen molar-refractivity contribution in [1.29, 1.82) is 0 Å². The highest BCUT2D eigenvalue weighted by molar-refractivity contribution is 7.15. The number of fused-ring (bicyclic) bond motifs is 2. The Morgan fingerprint density at radius 2 is 0.957 bits per heavy atom. The minimum absolute atomic E-state index is 0.282. The van der Waals surface area contributed by atoms with Crippen molar-refractivity contribution in [3.05, 3.63) is 95.2 Å². The quantitative estimate of drug-likeness (QED) is 0.0655. The fourth-order valence-corrected chi connectivity index (χ4v) is 7.72. The number of unbranched alkanes of at least 4 members (excludes halogenated alkanes) is 7. The van der Waals surface area contributed by atoms with Gasteiger partial charge in [0.1, 0.15) is 12.4 Å². The summed E-state index contributed by atoms with van der Waals surface area (Å²) in [6.45, 7) is 0.839. The molecule has 46 heavy (non-hydrogen) atoms. The summed E-state index contributed by atoms with van der Waals surface area (Å²) in [5.74, 6) is -0.564. The van der Waals surface area contributed by atoms with E-state index in [-0.39, 0.29) is 11.9 Å². The van der Waals surface area contributed by atoms with E-state index in [0.29, 0.717) is 24.6 Å². The second-order valence-electron chi connectivity index (χ2n) is 11.5. The van der Waals surface area contributed by atoms with Gasteiger partial charge in [-0.25, -0.2) is 18.7 Å². The molecule has 4 aromatic heterocycles. The molecule has 0 aliphatic carbocycles. The first-order valence-electron chi connectivity index (χ1n) is 16.0. The Morgan fingerprint density at radius 1 is 0.587 bits per heavy atom. The van der Waals surface area contributed by atoms with E-state index >= 15 is 0 Å². The van der Waals surface area contributed by atoms with Gasteiger partial charge in [-0.1, -0.05) is 122 Å². The zero-order chi connectivity index (χ0) is 31.9. The SMILES string of the molecule is C[n+]1c(-c2ccccc2)c(C(=O)OCCCCCCCCCCOC(=O)c2c(-c3ccccc3)[n+](C)c3sccn23)n2ccsc21. The maximum Gasteiger partial charge on any atom is 0.383 e. The maximum atomic E-state index is 13.2. The predicted molar refractivity (Wildman–Crippen MR) is 181 cm³/mol. The van der Waals surface area contributed by atoms with Crippen LogP contribution in [-0.2, 0) is 23.6 Å². The van der Waals surface area contributed by atoms with E-state index in [2.05, 4.69) is 9.13 Å². The molecule has 0 radical (unpaired) electrons. The van der Waals surface area contributed by atoms with Crippen molar-refractivity contribution >= 4 is 44.5 Å². The monoisotopic (exact) mass is 656 g/mol. The van der Waals surface area contributed by atoms with Crippen LogP contribution in [0.15, 0.2) is 83.8 Å². The fourth-order valence-electron chi connectivity index (χ4n) is 6.08. The first-order chi connectivity index (χ1) is 22.6. The number of nitrogens with zero attached hydrogens (tertiary/aromatic N) is 4. The average molecular weight is 657 g/mol. The van der Waals surface area contributed by atoms with Crippen LogP contribution < -0.4 is 9.13 Å². The molecule has 0 aliphatic rings. The zero-order valence-electron chi connectivity index (χ0n) is 26.4. The minimum Gasteiger partial charge on any atom is -0.459 e. The Hall–Kier alpha value is -4.28. The number of hydrogen-bond donors (Lipinski definition) is 0. The number of benzene rings is 2. The lowest BCUT2D eigenvalue weighted by Crippen LogP contribution is -2.29. The van der Waals surface area contributed by atoms with Gasteiger partial charge in [0.25, 0.3) is 11.4 Å². The van der Waals surface area contributed by atoms with Crippen LogP contribution in [0.1, 0.15) is 72.3 Å². The number of imidazole rings is 2. The second-order valence-corrected chi connectivity index (χ2v) is 13.2. The largest absolute Gasteiger partial charge is 0.459 e. The van der Waals surface area contributed by atoms with Crippen LogP contribution in [0.3, 0.4) is 0 Å². The molecule has 0 N–H and O–H groups in total. The molecule has 2 aromatic carbocycles. The average Bonchev–Trinajstić information content (AvgIpc) is 3.86. The third-order valence-corrected chi connectivity index (χ3v) is 10.2. The van der Waals surface area contributed by atoms with E-state index in [1.807, 2.05) is 107 Å². The summed E-state index contributed by atoms with van der Waals surface area (Å²) in [6, 6.07) is 20.0. The van der Waals surface area contributed by atoms with Gasteiger partial charge in [0.15, 0.2) is 11.4 Å². The van der Waals surface area contributed by atoms with Crippen LogP contribution in [0, 0.1) is 0 Å². The van der Waals surface area contributed by atoms with Crippen LogP contribution in [-0.4, -0.2) is 34.0 Å². The molecule has 6 aromatic rings. The summed E-state index contributed by atoms with van der Waals surface area (Å²) in [6.07, 6.45) is 12.1. The zero-order valence-corrected chi connectivity index (χ0v) is 28.0.